The molecule has 0 fully saturated rings. The van der Waals surface area contributed by atoms with E-state index in [-0.39, 0.29) is 19.4 Å². The first-order chi connectivity index (χ1) is 20.8. The van der Waals surface area contributed by atoms with Crippen molar-refractivity contribution in [2.75, 3.05) is 13.2 Å². The van der Waals surface area contributed by atoms with E-state index < -0.39 is 32.5 Å². The van der Waals surface area contributed by atoms with Crippen LogP contribution in [0.15, 0.2) is 12.2 Å². The second kappa shape index (κ2) is 30.8. The van der Waals surface area contributed by atoms with E-state index in [1.165, 1.54) is 96.3 Å². The molecule has 0 aromatic rings. The van der Waals surface area contributed by atoms with Crippen LogP contribution < -0.4 is 0 Å². The normalized spacial score (nSPS) is 12.6. The number of phosphoric acid groups is 1. The highest BCUT2D eigenvalue weighted by molar-refractivity contribution is 7.46. The summed E-state index contributed by atoms with van der Waals surface area (Å²) < 4.78 is 26.2. The molecule has 0 aliphatic carbocycles. The van der Waals surface area contributed by atoms with Gasteiger partial charge in [0.1, 0.15) is 6.61 Å². The van der Waals surface area contributed by atoms with E-state index in [0.29, 0.717) is 6.42 Å². The zero-order valence-corrected chi connectivity index (χ0v) is 28.5. The first-order valence-corrected chi connectivity index (χ1v) is 19.0. The van der Waals surface area contributed by atoms with E-state index in [9.17, 15) is 14.2 Å². The van der Waals surface area contributed by atoms with E-state index in [1.54, 1.807) is 0 Å². The number of phosphoric ester groups is 1. The summed E-state index contributed by atoms with van der Waals surface area (Å²) in [7, 11) is -4.74. The molecule has 2 N–H and O–H groups in total. The highest BCUT2D eigenvalue weighted by atomic mass is 31.2. The first-order valence-electron chi connectivity index (χ1n) is 17.5. The van der Waals surface area contributed by atoms with Crippen molar-refractivity contribution in [3.8, 4) is 0 Å². The Morgan fingerprint density at radius 3 is 1.42 bits per heavy atom. The number of ether oxygens (including phenoxy) is 2. The molecule has 254 valence electrons. The van der Waals surface area contributed by atoms with Gasteiger partial charge in [0.05, 0.1) is 6.61 Å². The van der Waals surface area contributed by atoms with Crippen molar-refractivity contribution in [2.24, 2.45) is 0 Å². The summed E-state index contributed by atoms with van der Waals surface area (Å²) in [5.41, 5.74) is 0. The molecule has 0 rings (SSSR count). The van der Waals surface area contributed by atoms with Gasteiger partial charge in [0.15, 0.2) is 6.10 Å². The van der Waals surface area contributed by atoms with Crippen molar-refractivity contribution in [3.05, 3.63) is 12.2 Å². The number of carbonyl (C=O) groups is 2. The monoisotopic (exact) mass is 632 g/mol. The Balaban J connectivity index is 3.94. The predicted molar refractivity (Wildman–Crippen MR) is 175 cm³/mol. The first kappa shape index (κ1) is 41.8. The Morgan fingerprint density at radius 2 is 0.977 bits per heavy atom. The van der Waals surface area contributed by atoms with Gasteiger partial charge < -0.3 is 19.3 Å². The van der Waals surface area contributed by atoms with Crippen molar-refractivity contribution in [1.82, 2.24) is 0 Å². The van der Waals surface area contributed by atoms with E-state index in [2.05, 4.69) is 30.5 Å². The van der Waals surface area contributed by atoms with Gasteiger partial charge in [-0.3, -0.25) is 14.1 Å². The van der Waals surface area contributed by atoms with Gasteiger partial charge in [-0.2, -0.15) is 0 Å². The van der Waals surface area contributed by atoms with Crippen molar-refractivity contribution >= 4 is 19.8 Å². The van der Waals surface area contributed by atoms with Gasteiger partial charge in [-0.15, -0.1) is 0 Å². The van der Waals surface area contributed by atoms with Gasteiger partial charge in [-0.1, -0.05) is 135 Å². The van der Waals surface area contributed by atoms with Gasteiger partial charge in [0.25, 0.3) is 0 Å². The largest absolute Gasteiger partial charge is 0.469 e. The molecule has 8 nitrogen and oxygen atoms in total. The van der Waals surface area contributed by atoms with Crippen molar-refractivity contribution in [3.63, 3.8) is 0 Å². The number of hydrogen-bond acceptors (Lipinski definition) is 6. The summed E-state index contributed by atoms with van der Waals surface area (Å²) in [6.07, 6.45) is 30.9. The molecule has 0 saturated heterocycles. The Bertz CT molecular complexity index is 721. The zero-order chi connectivity index (χ0) is 31.9. The highest BCUT2D eigenvalue weighted by Crippen LogP contribution is 2.36. The lowest BCUT2D eigenvalue weighted by Gasteiger charge is -2.18. The highest BCUT2D eigenvalue weighted by Gasteiger charge is 2.22. The number of allylic oxidation sites excluding steroid dienone is 2. The van der Waals surface area contributed by atoms with E-state index >= 15 is 0 Å². The molecule has 0 amide bonds. The van der Waals surface area contributed by atoms with Crippen LogP contribution in [0.1, 0.15) is 174 Å². The quantitative estimate of drug-likeness (QED) is 0.0325. The number of carbonyl (C=O) groups excluding carboxylic acids is 2. The average molecular weight is 633 g/mol. The van der Waals surface area contributed by atoms with Crippen LogP contribution in [0.4, 0.5) is 0 Å². The lowest BCUT2D eigenvalue weighted by molar-refractivity contribution is -0.161. The summed E-state index contributed by atoms with van der Waals surface area (Å²) in [5.74, 6) is -0.890. The van der Waals surface area contributed by atoms with Gasteiger partial charge in [-0.25, -0.2) is 4.57 Å². The Hall–Kier alpha value is -1.21. The fourth-order valence-electron chi connectivity index (χ4n) is 4.90. The standard InChI is InChI=1S/C34H65O8P/c1-3-5-7-9-11-13-14-15-16-17-18-19-20-21-23-25-27-29-34(36)42-32(31-41-43(37,38)39)30-40-33(35)28-26-24-22-12-10-8-6-4-2/h15-16,32H,3-14,17-31H2,1-2H3,(H2,37,38,39)/b16-15-. The van der Waals surface area contributed by atoms with Crippen molar-refractivity contribution in [2.45, 2.75) is 180 Å². The number of esters is 2. The maximum Gasteiger partial charge on any atom is 0.469 e. The van der Waals surface area contributed by atoms with Gasteiger partial charge in [-0.05, 0) is 38.5 Å². The molecule has 1 atom stereocenters. The molecular weight excluding hydrogens is 567 g/mol. The molecule has 43 heavy (non-hydrogen) atoms. The lowest BCUT2D eigenvalue weighted by Crippen LogP contribution is -2.29. The molecule has 0 aromatic carbocycles. The van der Waals surface area contributed by atoms with Crippen molar-refractivity contribution < 1.29 is 37.9 Å². The predicted octanol–water partition coefficient (Wildman–Crippen LogP) is 9.90. The summed E-state index contributed by atoms with van der Waals surface area (Å²) in [6, 6.07) is 0. The molecule has 0 spiro atoms. The number of unbranched alkanes of at least 4 members (excludes halogenated alkanes) is 20. The minimum absolute atomic E-state index is 0.210. The summed E-state index contributed by atoms with van der Waals surface area (Å²) in [4.78, 5) is 42.4. The zero-order valence-electron chi connectivity index (χ0n) is 27.6. The third-order valence-corrected chi connectivity index (χ3v) is 8.02. The number of rotatable bonds is 32. The SMILES string of the molecule is CCCCCCCC/C=C\CCCCCCCCCC(=O)OC(COC(=O)CCCCCCCCCC)COP(=O)(O)O. The number of hydrogen-bond donors (Lipinski definition) is 2. The van der Waals surface area contributed by atoms with Gasteiger partial charge in [0.2, 0.25) is 0 Å². The topological polar surface area (TPSA) is 119 Å². The van der Waals surface area contributed by atoms with Crippen LogP contribution >= 0.6 is 7.82 Å². The summed E-state index contributed by atoms with van der Waals surface area (Å²) in [6.45, 7) is 3.63. The molecule has 9 heteroatoms. The molecule has 0 heterocycles. The van der Waals surface area contributed by atoms with Crippen LogP contribution in [0, 0.1) is 0 Å². The molecule has 0 aliphatic rings. The summed E-state index contributed by atoms with van der Waals surface area (Å²) in [5, 5.41) is 0. The molecule has 0 aromatic heterocycles. The van der Waals surface area contributed by atoms with Crippen LogP contribution in [-0.4, -0.2) is 41.0 Å². The summed E-state index contributed by atoms with van der Waals surface area (Å²) >= 11 is 0. The van der Waals surface area contributed by atoms with Crippen LogP contribution in [-0.2, 0) is 28.2 Å². The molecule has 1 unspecified atom stereocenters. The Morgan fingerprint density at radius 1 is 0.581 bits per heavy atom. The average Bonchev–Trinajstić information content (AvgIpc) is 2.97. The van der Waals surface area contributed by atoms with E-state index in [1.807, 2.05) is 0 Å². The second-order valence-electron chi connectivity index (χ2n) is 11.8. The second-order valence-corrected chi connectivity index (χ2v) is 13.1. The smallest absolute Gasteiger partial charge is 0.462 e. The van der Waals surface area contributed by atoms with Crippen LogP contribution in [0.2, 0.25) is 0 Å². The molecule has 0 saturated carbocycles. The Labute approximate surface area is 263 Å². The fraction of sp³-hybridized carbons (Fsp3) is 0.882. The van der Waals surface area contributed by atoms with Crippen LogP contribution in [0.3, 0.4) is 0 Å². The van der Waals surface area contributed by atoms with Crippen LogP contribution in [0.5, 0.6) is 0 Å². The van der Waals surface area contributed by atoms with Crippen molar-refractivity contribution in [1.29, 1.82) is 0 Å². The van der Waals surface area contributed by atoms with E-state index in [4.69, 9.17) is 19.3 Å². The third-order valence-electron chi connectivity index (χ3n) is 7.53. The maximum absolute atomic E-state index is 12.3. The van der Waals surface area contributed by atoms with E-state index in [0.717, 1.165) is 44.9 Å². The molecular formula is C34H65O8P. The third kappa shape index (κ3) is 33.5. The minimum Gasteiger partial charge on any atom is -0.462 e. The van der Waals surface area contributed by atoms with Gasteiger partial charge >= 0.3 is 19.8 Å². The fourth-order valence-corrected chi connectivity index (χ4v) is 5.26. The van der Waals surface area contributed by atoms with Gasteiger partial charge in [0, 0.05) is 12.8 Å². The molecule has 0 radical (unpaired) electrons. The maximum atomic E-state index is 12.3. The minimum atomic E-state index is -4.74. The lowest BCUT2D eigenvalue weighted by atomic mass is 10.1. The molecule has 0 bridgehead atoms. The van der Waals surface area contributed by atoms with Crippen LogP contribution in [0.25, 0.3) is 0 Å². The Kier molecular flexibility index (Phi) is 29.9. The molecule has 0 aliphatic heterocycles.